The quantitative estimate of drug-likeness (QED) is 0.853. The minimum Gasteiger partial charge on any atom is -0.406 e. The molecule has 0 fully saturated rings. The molecule has 0 saturated heterocycles. The van der Waals surface area contributed by atoms with Crippen LogP contribution in [0, 0.1) is 0 Å². The van der Waals surface area contributed by atoms with Gasteiger partial charge in [-0.15, -0.1) is 13.2 Å². The highest BCUT2D eigenvalue weighted by Crippen LogP contribution is 2.26. The topological polar surface area (TPSA) is 63.9 Å². The first-order valence-electron chi connectivity index (χ1n) is 5.98. The minimum atomic E-state index is -4.73. The number of aromatic amines is 1. The van der Waals surface area contributed by atoms with Crippen LogP contribution in [0.25, 0.3) is 11.3 Å². The number of aromatic nitrogens is 2. The molecule has 1 atom stereocenters. The average molecular weight is 303 g/mol. The highest BCUT2D eigenvalue weighted by atomic mass is 19.4. The molecule has 0 bridgehead atoms. The number of nitrogens with zero attached hydrogens (tertiary/aromatic N) is 1. The molecule has 2 aromatic rings. The lowest BCUT2D eigenvalue weighted by Gasteiger charge is -2.16. The monoisotopic (exact) mass is 303 g/mol. The van der Waals surface area contributed by atoms with Crippen molar-refractivity contribution in [3.63, 3.8) is 0 Å². The van der Waals surface area contributed by atoms with Gasteiger partial charge in [-0.3, -0.25) is 0 Å². The van der Waals surface area contributed by atoms with E-state index in [-0.39, 0.29) is 11.6 Å². The first-order valence-corrected chi connectivity index (χ1v) is 5.98. The molecule has 0 radical (unpaired) electrons. The lowest BCUT2D eigenvalue weighted by Crippen LogP contribution is -2.36. The fourth-order valence-corrected chi connectivity index (χ4v) is 1.66. The summed E-state index contributed by atoms with van der Waals surface area (Å²) < 4.78 is 52.7. The first kappa shape index (κ1) is 15.3. The van der Waals surface area contributed by atoms with Gasteiger partial charge in [-0.2, -0.15) is 0 Å². The van der Waals surface area contributed by atoms with Crippen molar-refractivity contribution in [2.75, 3.05) is 6.67 Å². The fourth-order valence-electron chi connectivity index (χ4n) is 1.66. The molecule has 1 aromatic heterocycles. The molecule has 114 valence electrons. The maximum absolute atomic E-state index is 12.8. The Morgan fingerprint density at radius 3 is 2.38 bits per heavy atom. The van der Waals surface area contributed by atoms with Crippen molar-refractivity contribution in [2.24, 2.45) is 5.73 Å². The molecule has 0 aliphatic carbocycles. The molecule has 0 aliphatic heterocycles. The number of H-pyrrole nitrogens is 1. The van der Waals surface area contributed by atoms with Crippen molar-refractivity contribution < 1.29 is 22.3 Å². The zero-order chi connectivity index (χ0) is 15.7. The van der Waals surface area contributed by atoms with Crippen molar-refractivity contribution in [1.82, 2.24) is 9.97 Å². The minimum absolute atomic E-state index is 0.260. The number of hydrogen-bond donors (Lipinski definition) is 2. The lowest BCUT2D eigenvalue weighted by molar-refractivity contribution is -0.274. The summed E-state index contributed by atoms with van der Waals surface area (Å²) >= 11 is 0. The molecule has 0 amide bonds. The molecule has 0 aliphatic rings. The molecule has 2 rings (SSSR count). The zero-order valence-corrected chi connectivity index (χ0v) is 11.0. The summed E-state index contributed by atoms with van der Waals surface area (Å²) in [6, 6.07) is 5.23. The van der Waals surface area contributed by atoms with Gasteiger partial charge in [0, 0.05) is 0 Å². The van der Waals surface area contributed by atoms with Crippen LogP contribution in [0.1, 0.15) is 12.7 Å². The van der Waals surface area contributed by atoms with Crippen LogP contribution < -0.4 is 10.5 Å². The molecule has 0 unspecified atom stereocenters. The SMILES string of the molecule is C[C@](N)(CF)c1ncc(-c2ccc(OC(F)(F)F)cc2)[nH]1. The van der Waals surface area contributed by atoms with E-state index in [4.69, 9.17) is 5.73 Å². The molecule has 8 heteroatoms. The number of halogens is 4. The van der Waals surface area contributed by atoms with Crippen LogP contribution in [0.15, 0.2) is 30.5 Å². The Hall–Kier alpha value is -2.09. The predicted octanol–water partition coefficient (Wildman–Crippen LogP) is 3.12. The number of benzene rings is 1. The summed E-state index contributed by atoms with van der Waals surface area (Å²) in [5.74, 6) is -0.0611. The number of rotatable bonds is 4. The van der Waals surface area contributed by atoms with Crippen LogP contribution in [-0.2, 0) is 5.54 Å². The van der Waals surface area contributed by atoms with Crippen molar-refractivity contribution in [2.45, 2.75) is 18.8 Å². The fraction of sp³-hybridized carbons (Fsp3) is 0.308. The van der Waals surface area contributed by atoms with Gasteiger partial charge in [0.1, 0.15) is 23.8 Å². The molecular weight excluding hydrogens is 290 g/mol. The summed E-state index contributed by atoms with van der Waals surface area (Å²) in [5, 5.41) is 0. The summed E-state index contributed by atoms with van der Waals surface area (Å²) in [7, 11) is 0. The van der Waals surface area contributed by atoms with Gasteiger partial charge in [-0.1, -0.05) is 0 Å². The Kier molecular flexibility index (Phi) is 3.91. The van der Waals surface area contributed by atoms with Gasteiger partial charge in [0.15, 0.2) is 0 Å². The number of nitrogens with one attached hydrogen (secondary N) is 1. The maximum Gasteiger partial charge on any atom is 0.573 e. The Labute approximate surface area is 117 Å². The van der Waals surface area contributed by atoms with E-state index in [9.17, 15) is 17.6 Å². The predicted molar refractivity (Wildman–Crippen MR) is 68.2 cm³/mol. The van der Waals surface area contributed by atoms with Gasteiger partial charge in [-0.25, -0.2) is 9.37 Å². The summed E-state index contributed by atoms with van der Waals surface area (Å²) in [6.07, 6.45) is -3.29. The number of alkyl halides is 4. The Morgan fingerprint density at radius 1 is 1.24 bits per heavy atom. The van der Waals surface area contributed by atoms with Gasteiger partial charge in [0.25, 0.3) is 0 Å². The van der Waals surface area contributed by atoms with Gasteiger partial charge < -0.3 is 15.5 Å². The molecule has 1 aromatic carbocycles. The lowest BCUT2D eigenvalue weighted by atomic mass is 10.1. The molecule has 4 nitrogen and oxygen atoms in total. The number of imidazole rings is 1. The molecule has 21 heavy (non-hydrogen) atoms. The van der Waals surface area contributed by atoms with Gasteiger partial charge in [0.05, 0.1) is 11.9 Å². The zero-order valence-electron chi connectivity index (χ0n) is 11.0. The second-order valence-corrected chi connectivity index (χ2v) is 4.77. The normalized spacial score (nSPS) is 14.8. The van der Waals surface area contributed by atoms with E-state index >= 15 is 0 Å². The molecular formula is C13H13F4N3O. The second-order valence-electron chi connectivity index (χ2n) is 4.77. The third-order valence-corrected chi connectivity index (χ3v) is 2.79. The summed E-state index contributed by atoms with van der Waals surface area (Å²) in [5.41, 5.74) is 5.57. The Morgan fingerprint density at radius 2 is 1.86 bits per heavy atom. The van der Waals surface area contributed by atoms with E-state index in [0.29, 0.717) is 11.3 Å². The van der Waals surface area contributed by atoms with Crippen LogP contribution in [0.3, 0.4) is 0 Å². The Bertz CT molecular complexity index is 605. The van der Waals surface area contributed by atoms with E-state index < -0.39 is 18.6 Å². The number of ether oxygens (including phenoxy) is 1. The highest BCUT2D eigenvalue weighted by Gasteiger charge is 2.31. The number of nitrogens with two attached hydrogens (primary N) is 1. The van der Waals surface area contributed by atoms with Crippen LogP contribution in [0.2, 0.25) is 0 Å². The highest BCUT2D eigenvalue weighted by molar-refractivity contribution is 5.59. The van der Waals surface area contributed by atoms with Gasteiger partial charge >= 0.3 is 6.36 Å². The van der Waals surface area contributed by atoms with E-state index in [2.05, 4.69) is 14.7 Å². The third kappa shape index (κ3) is 3.72. The molecule has 0 saturated carbocycles. The van der Waals surface area contributed by atoms with Gasteiger partial charge in [0.2, 0.25) is 0 Å². The number of hydrogen-bond acceptors (Lipinski definition) is 3. The van der Waals surface area contributed by atoms with E-state index in [1.54, 1.807) is 0 Å². The van der Waals surface area contributed by atoms with Crippen molar-refractivity contribution in [3.05, 3.63) is 36.3 Å². The maximum atomic E-state index is 12.8. The molecule has 3 N–H and O–H groups in total. The smallest absolute Gasteiger partial charge is 0.406 e. The van der Waals surface area contributed by atoms with Gasteiger partial charge in [-0.05, 0) is 36.8 Å². The van der Waals surface area contributed by atoms with Crippen LogP contribution in [0.5, 0.6) is 5.75 Å². The van der Waals surface area contributed by atoms with Crippen molar-refractivity contribution >= 4 is 0 Å². The summed E-state index contributed by atoms with van der Waals surface area (Å²) in [6.45, 7) is 0.689. The summed E-state index contributed by atoms with van der Waals surface area (Å²) in [4.78, 5) is 6.83. The van der Waals surface area contributed by atoms with Crippen molar-refractivity contribution in [3.8, 4) is 17.0 Å². The molecule has 0 spiro atoms. The second kappa shape index (κ2) is 5.36. The Balaban J connectivity index is 2.20. The van der Waals surface area contributed by atoms with Crippen LogP contribution in [-0.4, -0.2) is 23.0 Å². The average Bonchev–Trinajstić information content (AvgIpc) is 2.88. The van der Waals surface area contributed by atoms with Crippen molar-refractivity contribution in [1.29, 1.82) is 0 Å². The van der Waals surface area contributed by atoms with E-state index in [1.807, 2.05) is 0 Å². The first-order chi connectivity index (χ1) is 9.71. The van der Waals surface area contributed by atoms with Crippen LogP contribution in [0.4, 0.5) is 17.6 Å². The third-order valence-electron chi connectivity index (χ3n) is 2.79. The van der Waals surface area contributed by atoms with E-state index in [1.165, 1.54) is 37.4 Å². The van der Waals surface area contributed by atoms with E-state index in [0.717, 1.165) is 0 Å². The largest absolute Gasteiger partial charge is 0.573 e. The molecule has 1 heterocycles. The van der Waals surface area contributed by atoms with Crippen LogP contribution >= 0.6 is 0 Å². The standard InChI is InChI=1S/C13H13F4N3O/c1-12(18,7-14)11-19-6-10(20-11)8-2-4-9(5-3-8)21-13(15,16)17/h2-6H,7,18H2,1H3,(H,19,20)/t12-/m0/s1.